The molecule has 1 saturated heterocycles. The molecule has 0 saturated carbocycles. The van der Waals surface area contributed by atoms with Gasteiger partial charge in [0.15, 0.2) is 0 Å². The molecule has 2 aromatic carbocycles. The van der Waals surface area contributed by atoms with Gasteiger partial charge in [0, 0.05) is 13.1 Å². The smallest absolute Gasteiger partial charge is 0.243 e. The molecule has 3 rings (SSSR count). The number of nitrogens with zero attached hydrogens (tertiary/aromatic N) is 1. The average Bonchev–Trinajstić information content (AvgIpc) is 2.67. The molecule has 0 radical (unpaired) electrons. The van der Waals surface area contributed by atoms with Crippen molar-refractivity contribution in [2.75, 3.05) is 20.2 Å². The first-order valence-corrected chi connectivity index (χ1v) is 10.2. The first-order valence-electron chi connectivity index (χ1n) is 8.78. The summed E-state index contributed by atoms with van der Waals surface area (Å²) >= 11 is 0. The van der Waals surface area contributed by atoms with Crippen molar-refractivity contribution in [2.24, 2.45) is 5.92 Å². The Hall–Kier alpha value is -1.85. The summed E-state index contributed by atoms with van der Waals surface area (Å²) in [6.45, 7) is 1.21. The van der Waals surface area contributed by atoms with Crippen molar-refractivity contribution >= 4 is 10.0 Å². The second kappa shape index (κ2) is 8.02. The van der Waals surface area contributed by atoms with Gasteiger partial charge < -0.3 is 4.74 Å². The van der Waals surface area contributed by atoms with Crippen LogP contribution in [0.25, 0.3) is 0 Å². The van der Waals surface area contributed by atoms with Crippen LogP contribution in [-0.4, -0.2) is 32.9 Å². The molecule has 1 aliphatic rings. The highest BCUT2D eigenvalue weighted by atomic mass is 32.2. The van der Waals surface area contributed by atoms with Crippen LogP contribution in [0.1, 0.15) is 24.8 Å². The lowest BCUT2D eigenvalue weighted by Crippen LogP contribution is -2.38. The lowest BCUT2D eigenvalue weighted by atomic mass is 9.91. The van der Waals surface area contributed by atoms with Crippen molar-refractivity contribution in [3.63, 3.8) is 0 Å². The molecule has 0 spiro atoms. The molecule has 4 nitrogen and oxygen atoms in total. The third-order valence-corrected chi connectivity index (χ3v) is 6.87. The Bertz CT molecular complexity index is 764. The van der Waals surface area contributed by atoms with Gasteiger partial charge in [0.2, 0.25) is 10.0 Å². The molecular formula is C20H25NO3S. The molecule has 1 aliphatic heterocycles. The Morgan fingerprint density at radius 1 is 1.00 bits per heavy atom. The fraction of sp³-hybridized carbons (Fsp3) is 0.400. The quantitative estimate of drug-likeness (QED) is 0.789. The fourth-order valence-electron chi connectivity index (χ4n) is 3.35. The fourth-order valence-corrected chi connectivity index (χ4v) is 4.82. The molecule has 5 heteroatoms. The molecule has 0 aliphatic carbocycles. The molecule has 25 heavy (non-hydrogen) atoms. The minimum Gasteiger partial charge on any atom is -0.497 e. The van der Waals surface area contributed by atoms with Crippen molar-refractivity contribution in [3.8, 4) is 5.75 Å². The monoisotopic (exact) mass is 359 g/mol. The number of ether oxygens (including phenoxy) is 1. The number of piperidine rings is 1. The van der Waals surface area contributed by atoms with Gasteiger partial charge in [-0.3, -0.25) is 0 Å². The summed E-state index contributed by atoms with van der Waals surface area (Å²) in [5.74, 6) is 1.26. The van der Waals surface area contributed by atoms with E-state index in [9.17, 15) is 8.42 Å². The van der Waals surface area contributed by atoms with Crippen molar-refractivity contribution in [2.45, 2.75) is 30.6 Å². The highest BCUT2D eigenvalue weighted by Gasteiger charge is 2.29. The number of sulfonamides is 1. The summed E-state index contributed by atoms with van der Waals surface area (Å²) in [7, 11) is -1.83. The predicted octanol–water partition coefficient (Wildman–Crippen LogP) is 3.73. The third kappa shape index (κ3) is 4.41. The van der Waals surface area contributed by atoms with Crippen LogP contribution in [0.5, 0.6) is 5.75 Å². The van der Waals surface area contributed by atoms with Crippen molar-refractivity contribution in [1.29, 1.82) is 0 Å². The topological polar surface area (TPSA) is 46.6 Å². The first-order chi connectivity index (χ1) is 12.1. The zero-order valence-electron chi connectivity index (χ0n) is 14.6. The van der Waals surface area contributed by atoms with E-state index in [0.29, 0.717) is 29.7 Å². The van der Waals surface area contributed by atoms with Crippen LogP contribution < -0.4 is 4.74 Å². The van der Waals surface area contributed by atoms with Crippen LogP contribution in [0.3, 0.4) is 0 Å². The van der Waals surface area contributed by atoms with E-state index in [-0.39, 0.29) is 0 Å². The van der Waals surface area contributed by atoms with Crippen LogP contribution in [0.2, 0.25) is 0 Å². The first kappa shape index (κ1) is 18.0. The largest absolute Gasteiger partial charge is 0.497 e. The normalized spacial score (nSPS) is 16.7. The highest BCUT2D eigenvalue weighted by Crippen LogP contribution is 2.27. The maximum Gasteiger partial charge on any atom is 0.243 e. The minimum atomic E-state index is -3.40. The van der Waals surface area contributed by atoms with Gasteiger partial charge in [-0.15, -0.1) is 0 Å². The van der Waals surface area contributed by atoms with Crippen LogP contribution in [0, 0.1) is 5.92 Å². The predicted molar refractivity (Wildman–Crippen MR) is 99.2 cm³/mol. The summed E-state index contributed by atoms with van der Waals surface area (Å²) in [5.41, 5.74) is 1.36. The number of aryl methyl sites for hydroxylation is 1. The van der Waals surface area contributed by atoms with E-state index in [1.807, 2.05) is 6.07 Å². The van der Waals surface area contributed by atoms with E-state index in [1.165, 1.54) is 5.56 Å². The van der Waals surface area contributed by atoms with Gasteiger partial charge in [0.1, 0.15) is 5.75 Å². The van der Waals surface area contributed by atoms with Crippen molar-refractivity contribution < 1.29 is 13.2 Å². The minimum absolute atomic E-state index is 0.344. The standard InChI is InChI=1S/C20H25NO3S/c1-24-19-9-11-20(12-10-19)25(22,23)21-15-13-18(14-16-21)8-7-17-5-3-2-4-6-17/h2-6,9-12,18H,7-8,13-16H2,1H3. The van der Waals surface area contributed by atoms with E-state index in [2.05, 4.69) is 24.3 Å². The Morgan fingerprint density at radius 3 is 2.24 bits per heavy atom. The zero-order chi connectivity index (χ0) is 17.7. The summed E-state index contributed by atoms with van der Waals surface area (Å²) < 4.78 is 32.2. The Morgan fingerprint density at radius 2 is 1.64 bits per heavy atom. The van der Waals surface area contributed by atoms with Crippen molar-refractivity contribution in [3.05, 3.63) is 60.2 Å². The number of hydrogen-bond donors (Lipinski definition) is 0. The maximum atomic E-state index is 12.8. The maximum absolute atomic E-state index is 12.8. The van der Waals surface area contributed by atoms with E-state index >= 15 is 0 Å². The van der Waals surface area contributed by atoms with Gasteiger partial charge in [0.05, 0.1) is 12.0 Å². The van der Waals surface area contributed by atoms with Gasteiger partial charge in [-0.25, -0.2) is 8.42 Å². The Balaban J connectivity index is 1.55. The number of hydrogen-bond acceptors (Lipinski definition) is 3. The Kier molecular flexibility index (Phi) is 5.76. The highest BCUT2D eigenvalue weighted by molar-refractivity contribution is 7.89. The van der Waals surface area contributed by atoms with E-state index in [0.717, 1.165) is 25.7 Å². The number of rotatable bonds is 6. The molecule has 0 aromatic heterocycles. The molecule has 0 N–H and O–H groups in total. The summed E-state index contributed by atoms with van der Waals surface area (Å²) in [5, 5.41) is 0. The van der Waals surface area contributed by atoms with Crippen molar-refractivity contribution in [1.82, 2.24) is 4.31 Å². The zero-order valence-corrected chi connectivity index (χ0v) is 15.4. The molecule has 0 amide bonds. The molecule has 134 valence electrons. The summed E-state index contributed by atoms with van der Waals surface area (Å²) in [6, 6.07) is 17.1. The average molecular weight is 359 g/mol. The van der Waals surface area contributed by atoms with Crippen LogP contribution in [0.4, 0.5) is 0 Å². The van der Waals surface area contributed by atoms with Gasteiger partial charge >= 0.3 is 0 Å². The molecule has 2 aromatic rings. The number of methoxy groups -OCH3 is 1. The summed E-state index contributed by atoms with van der Waals surface area (Å²) in [4.78, 5) is 0.344. The molecule has 0 atom stereocenters. The summed E-state index contributed by atoms with van der Waals surface area (Å²) in [6.07, 6.45) is 4.06. The lowest BCUT2D eigenvalue weighted by molar-refractivity contribution is 0.263. The van der Waals surface area contributed by atoms with E-state index < -0.39 is 10.0 Å². The lowest BCUT2D eigenvalue weighted by Gasteiger charge is -2.31. The molecule has 0 unspecified atom stereocenters. The SMILES string of the molecule is COc1ccc(S(=O)(=O)N2CCC(CCc3ccccc3)CC2)cc1. The van der Waals surface area contributed by atoms with Gasteiger partial charge in [-0.05, 0) is 61.4 Å². The van der Waals surface area contributed by atoms with Crippen LogP contribution >= 0.6 is 0 Å². The second-order valence-electron chi connectivity index (χ2n) is 6.55. The number of benzene rings is 2. The molecule has 1 fully saturated rings. The van der Waals surface area contributed by atoms with Gasteiger partial charge in [-0.2, -0.15) is 4.31 Å². The van der Waals surface area contributed by atoms with Crippen LogP contribution in [0.15, 0.2) is 59.5 Å². The molecule has 1 heterocycles. The second-order valence-corrected chi connectivity index (χ2v) is 8.49. The molecule has 0 bridgehead atoms. The van der Waals surface area contributed by atoms with Crippen LogP contribution in [-0.2, 0) is 16.4 Å². The van der Waals surface area contributed by atoms with Gasteiger partial charge in [0.25, 0.3) is 0 Å². The third-order valence-electron chi connectivity index (χ3n) is 4.95. The molecular weight excluding hydrogens is 334 g/mol. The Labute approximate surface area is 150 Å². The van der Waals surface area contributed by atoms with E-state index in [4.69, 9.17) is 4.74 Å². The van der Waals surface area contributed by atoms with Gasteiger partial charge in [-0.1, -0.05) is 30.3 Å². The van der Waals surface area contributed by atoms with E-state index in [1.54, 1.807) is 35.7 Å².